The van der Waals surface area contributed by atoms with Gasteiger partial charge in [-0.2, -0.15) is 0 Å². The molecule has 27 heavy (non-hydrogen) atoms. The third-order valence-corrected chi connectivity index (χ3v) is 5.91. The summed E-state index contributed by atoms with van der Waals surface area (Å²) in [7, 11) is 0. The Kier molecular flexibility index (Phi) is 5.16. The van der Waals surface area contributed by atoms with Gasteiger partial charge in [-0.1, -0.05) is 30.3 Å². The molecule has 4 rings (SSSR count). The number of carbonyl (C=O) groups is 2. The molecule has 2 atom stereocenters. The second-order valence-corrected chi connectivity index (χ2v) is 7.60. The molecule has 0 unspecified atom stereocenters. The molecule has 1 aliphatic carbocycles. The highest BCUT2D eigenvalue weighted by atomic mass is 16.7. The molecule has 1 spiro atoms. The number of nitrogens with two attached hydrogens (primary N) is 1. The van der Waals surface area contributed by atoms with Crippen molar-refractivity contribution in [2.24, 2.45) is 11.7 Å². The van der Waals surface area contributed by atoms with Gasteiger partial charge in [0.25, 0.3) is 0 Å². The van der Waals surface area contributed by atoms with Gasteiger partial charge in [0.1, 0.15) is 6.61 Å². The molecular weight excluding hydrogens is 348 g/mol. The largest absolute Gasteiger partial charge is 0.447 e. The summed E-state index contributed by atoms with van der Waals surface area (Å²) < 4.78 is 16.6. The molecule has 3 fully saturated rings. The van der Waals surface area contributed by atoms with Crippen LogP contribution in [0, 0.1) is 5.92 Å². The van der Waals surface area contributed by atoms with E-state index in [2.05, 4.69) is 0 Å². The first-order chi connectivity index (χ1) is 13.1. The van der Waals surface area contributed by atoms with E-state index in [-0.39, 0.29) is 24.5 Å². The van der Waals surface area contributed by atoms with Crippen LogP contribution >= 0.6 is 0 Å². The third kappa shape index (κ3) is 3.72. The number of rotatable bonds is 4. The van der Waals surface area contributed by atoms with E-state index in [9.17, 15) is 9.59 Å². The summed E-state index contributed by atoms with van der Waals surface area (Å²) in [6, 6.07) is 8.75. The van der Waals surface area contributed by atoms with Gasteiger partial charge < -0.3 is 19.9 Å². The van der Waals surface area contributed by atoms with Crippen LogP contribution in [0.2, 0.25) is 0 Å². The number of hydrogen-bond acceptors (Lipinski definition) is 6. The minimum atomic E-state index is -0.715. The van der Waals surface area contributed by atoms with Crippen molar-refractivity contribution in [2.75, 3.05) is 19.8 Å². The van der Waals surface area contributed by atoms with Crippen molar-refractivity contribution in [3.8, 4) is 0 Å². The Balaban J connectivity index is 1.40. The van der Waals surface area contributed by atoms with Gasteiger partial charge in [0.2, 0.25) is 5.91 Å². The van der Waals surface area contributed by atoms with Crippen LogP contribution in [-0.4, -0.2) is 54.6 Å². The molecule has 2 saturated heterocycles. The Morgan fingerprint density at radius 2 is 1.85 bits per heavy atom. The Morgan fingerprint density at radius 1 is 1.19 bits per heavy atom. The molecule has 1 saturated carbocycles. The van der Waals surface area contributed by atoms with Crippen LogP contribution in [-0.2, 0) is 25.4 Å². The third-order valence-electron chi connectivity index (χ3n) is 5.91. The molecule has 2 aliphatic heterocycles. The maximum absolute atomic E-state index is 13.0. The minimum absolute atomic E-state index is 0.0155. The molecule has 1 aromatic carbocycles. The fourth-order valence-electron chi connectivity index (χ4n) is 4.35. The summed E-state index contributed by atoms with van der Waals surface area (Å²) in [5.74, 6) is -0.809. The first-order valence-corrected chi connectivity index (χ1v) is 9.65. The molecule has 2 N–H and O–H groups in total. The number of amides is 2. The lowest BCUT2D eigenvalue weighted by molar-refractivity contribution is -0.184. The SMILES string of the molecule is N[C@H](C(=O)N1C(=O)OC[C@@H]1Cc1ccccc1)C1CCC2(CC1)OCCO2. The van der Waals surface area contributed by atoms with Crippen LogP contribution in [0.4, 0.5) is 4.79 Å². The maximum Gasteiger partial charge on any atom is 0.417 e. The predicted molar refractivity (Wildman–Crippen MR) is 96.7 cm³/mol. The lowest BCUT2D eigenvalue weighted by atomic mass is 9.80. The van der Waals surface area contributed by atoms with Crippen molar-refractivity contribution in [3.63, 3.8) is 0 Å². The first-order valence-electron chi connectivity index (χ1n) is 9.65. The quantitative estimate of drug-likeness (QED) is 0.865. The normalized spacial score (nSPS) is 26.3. The fourth-order valence-corrected chi connectivity index (χ4v) is 4.35. The van der Waals surface area contributed by atoms with Gasteiger partial charge >= 0.3 is 6.09 Å². The van der Waals surface area contributed by atoms with Crippen LogP contribution in [0.3, 0.4) is 0 Å². The number of nitrogens with zero attached hydrogens (tertiary/aromatic N) is 1. The second kappa shape index (κ2) is 7.58. The molecule has 0 bridgehead atoms. The predicted octanol–water partition coefficient (Wildman–Crippen LogP) is 1.84. The van der Waals surface area contributed by atoms with Crippen LogP contribution in [0.15, 0.2) is 30.3 Å². The Hall–Kier alpha value is -1.96. The van der Waals surface area contributed by atoms with Crippen molar-refractivity contribution in [3.05, 3.63) is 35.9 Å². The topological polar surface area (TPSA) is 91.1 Å². The number of hydrogen-bond donors (Lipinski definition) is 1. The second-order valence-electron chi connectivity index (χ2n) is 7.60. The first kappa shape index (κ1) is 18.4. The smallest absolute Gasteiger partial charge is 0.417 e. The zero-order valence-corrected chi connectivity index (χ0v) is 15.3. The van der Waals surface area contributed by atoms with Crippen molar-refractivity contribution in [1.29, 1.82) is 0 Å². The van der Waals surface area contributed by atoms with Crippen molar-refractivity contribution >= 4 is 12.0 Å². The van der Waals surface area contributed by atoms with Gasteiger partial charge in [0, 0.05) is 12.8 Å². The van der Waals surface area contributed by atoms with Gasteiger partial charge in [-0.05, 0) is 30.7 Å². The number of carbonyl (C=O) groups excluding carboxylic acids is 2. The van der Waals surface area contributed by atoms with Crippen LogP contribution in [0.5, 0.6) is 0 Å². The average molecular weight is 374 g/mol. The monoisotopic (exact) mass is 374 g/mol. The zero-order chi connectivity index (χ0) is 18.9. The highest BCUT2D eigenvalue weighted by Crippen LogP contribution is 2.39. The van der Waals surface area contributed by atoms with E-state index >= 15 is 0 Å². The van der Waals surface area contributed by atoms with Gasteiger partial charge in [0.05, 0.1) is 25.3 Å². The molecule has 2 amide bonds. The molecule has 2 heterocycles. The summed E-state index contributed by atoms with van der Waals surface area (Å²) in [6.07, 6.45) is 2.94. The number of cyclic esters (lactones) is 1. The summed E-state index contributed by atoms with van der Waals surface area (Å²) in [5, 5.41) is 0. The van der Waals surface area contributed by atoms with Crippen LogP contribution in [0.1, 0.15) is 31.2 Å². The standard InChI is InChI=1S/C20H26N2O5/c21-17(15-6-8-20(9-7-15)26-10-11-27-20)18(23)22-16(13-25-19(22)24)12-14-4-2-1-3-5-14/h1-5,15-17H,6-13,21H2/t16-,17-/m0/s1. The molecule has 0 aromatic heterocycles. The highest BCUT2D eigenvalue weighted by molar-refractivity contribution is 5.96. The van der Waals surface area contributed by atoms with E-state index in [1.165, 1.54) is 4.90 Å². The molecular formula is C20H26N2O5. The van der Waals surface area contributed by atoms with E-state index in [1.807, 2.05) is 30.3 Å². The minimum Gasteiger partial charge on any atom is -0.447 e. The lowest BCUT2D eigenvalue weighted by Gasteiger charge is -2.37. The summed E-state index contributed by atoms with van der Waals surface area (Å²) in [6.45, 7) is 1.45. The average Bonchev–Trinajstić information content (AvgIpc) is 3.29. The van der Waals surface area contributed by atoms with E-state index in [0.29, 0.717) is 19.6 Å². The summed E-state index contributed by atoms with van der Waals surface area (Å²) in [5.41, 5.74) is 7.35. The van der Waals surface area contributed by atoms with Crippen LogP contribution in [0.25, 0.3) is 0 Å². The van der Waals surface area contributed by atoms with E-state index in [4.69, 9.17) is 19.9 Å². The van der Waals surface area contributed by atoms with E-state index in [0.717, 1.165) is 31.2 Å². The van der Waals surface area contributed by atoms with Crippen LogP contribution < -0.4 is 5.73 Å². The van der Waals surface area contributed by atoms with E-state index < -0.39 is 17.9 Å². The maximum atomic E-state index is 13.0. The lowest BCUT2D eigenvalue weighted by Crippen LogP contribution is -2.53. The molecule has 0 radical (unpaired) electrons. The Morgan fingerprint density at radius 3 is 2.52 bits per heavy atom. The molecule has 7 heteroatoms. The summed E-state index contributed by atoms with van der Waals surface area (Å²) >= 11 is 0. The zero-order valence-electron chi connectivity index (χ0n) is 15.3. The van der Waals surface area contributed by atoms with E-state index in [1.54, 1.807) is 0 Å². The molecule has 3 aliphatic rings. The Bertz CT molecular complexity index is 679. The van der Waals surface area contributed by atoms with Gasteiger partial charge in [-0.15, -0.1) is 0 Å². The van der Waals surface area contributed by atoms with Gasteiger partial charge in [-0.25, -0.2) is 9.69 Å². The number of benzene rings is 1. The fraction of sp³-hybridized carbons (Fsp3) is 0.600. The molecule has 7 nitrogen and oxygen atoms in total. The van der Waals surface area contributed by atoms with Gasteiger partial charge in [-0.3, -0.25) is 4.79 Å². The van der Waals surface area contributed by atoms with Crippen molar-refractivity contribution in [2.45, 2.75) is 50.0 Å². The Labute approximate surface area is 158 Å². The van der Waals surface area contributed by atoms with Crippen molar-refractivity contribution in [1.82, 2.24) is 4.90 Å². The van der Waals surface area contributed by atoms with Gasteiger partial charge in [0.15, 0.2) is 5.79 Å². The van der Waals surface area contributed by atoms with Crippen molar-refractivity contribution < 1.29 is 23.8 Å². The number of imide groups is 1. The molecule has 1 aromatic rings. The highest BCUT2D eigenvalue weighted by Gasteiger charge is 2.46. The molecule has 146 valence electrons. The summed E-state index contributed by atoms with van der Waals surface area (Å²) in [4.78, 5) is 26.4. The number of ether oxygens (including phenoxy) is 3.